The second kappa shape index (κ2) is 8.98. The number of carbonyl (C=O) groups excluding carboxylic acids is 2. The Morgan fingerprint density at radius 1 is 1.10 bits per heavy atom. The van der Waals surface area contributed by atoms with Crippen LogP contribution in [0, 0.1) is 0 Å². The van der Waals surface area contributed by atoms with Crippen molar-refractivity contribution < 1.29 is 9.59 Å². The Morgan fingerprint density at radius 2 is 2.03 bits per heavy atom. The summed E-state index contributed by atoms with van der Waals surface area (Å²) in [5, 5.41) is 3.15. The average molecular weight is 394 g/mol. The highest BCUT2D eigenvalue weighted by molar-refractivity contribution is 5.85. The molecule has 2 aromatic rings. The van der Waals surface area contributed by atoms with Crippen molar-refractivity contribution in [2.45, 2.75) is 44.6 Å². The summed E-state index contributed by atoms with van der Waals surface area (Å²) in [6.07, 6.45) is 10.2. The van der Waals surface area contributed by atoms with Crippen LogP contribution in [0.4, 0.5) is 11.6 Å². The molecule has 2 aliphatic rings. The van der Waals surface area contributed by atoms with Gasteiger partial charge in [0.1, 0.15) is 11.6 Å². The maximum Gasteiger partial charge on any atom is 0.242 e. The van der Waals surface area contributed by atoms with Crippen molar-refractivity contribution in [3.8, 4) is 0 Å². The van der Waals surface area contributed by atoms with E-state index >= 15 is 0 Å². The van der Waals surface area contributed by atoms with Gasteiger partial charge in [-0.3, -0.25) is 14.6 Å². The highest BCUT2D eigenvalue weighted by Crippen LogP contribution is 2.32. The molecule has 0 aromatic carbocycles. The fourth-order valence-corrected chi connectivity index (χ4v) is 4.03. The molecule has 2 aromatic heterocycles. The predicted molar refractivity (Wildman–Crippen MR) is 108 cm³/mol. The minimum absolute atomic E-state index is 0.0110. The Balaban J connectivity index is 1.45. The summed E-state index contributed by atoms with van der Waals surface area (Å²) in [7, 11) is 0. The number of hydrogen-bond acceptors (Lipinski definition) is 6. The third-order valence-corrected chi connectivity index (χ3v) is 5.50. The van der Waals surface area contributed by atoms with Crippen molar-refractivity contribution in [2.24, 2.45) is 0 Å². The number of likely N-dealkylation sites (tertiary alicyclic amines) is 2. The number of amides is 2. The van der Waals surface area contributed by atoms with Crippen molar-refractivity contribution in [1.29, 1.82) is 0 Å². The van der Waals surface area contributed by atoms with E-state index in [2.05, 4.69) is 15.3 Å². The van der Waals surface area contributed by atoms with E-state index < -0.39 is 0 Å². The largest absolute Gasteiger partial charge is 0.333 e. The quantitative estimate of drug-likeness (QED) is 0.838. The van der Waals surface area contributed by atoms with Crippen LogP contribution in [-0.4, -0.2) is 56.2 Å². The van der Waals surface area contributed by atoms with Gasteiger partial charge in [-0.25, -0.2) is 9.97 Å². The average Bonchev–Trinajstić information content (AvgIpc) is 3.15. The number of nitrogens with zero attached hydrogens (tertiary/aromatic N) is 5. The first kappa shape index (κ1) is 19.3. The van der Waals surface area contributed by atoms with Gasteiger partial charge in [0, 0.05) is 31.9 Å². The van der Waals surface area contributed by atoms with E-state index in [1.165, 1.54) is 0 Å². The molecular weight excluding hydrogens is 368 g/mol. The van der Waals surface area contributed by atoms with E-state index in [4.69, 9.17) is 4.98 Å². The molecule has 4 heterocycles. The molecule has 0 bridgehead atoms. The van der Waals surface area contributed by atoms with Gasteiger partial charge in [0.15, 0.2) is 0 Å². The number of hydrogen-bond donors (Lipinski definition) is 1. The minimum atomic E-state index is -0.0619. The summed E-state index contributed by atoms with van der Waals surface area (Å²) in [6.45, 7) is 1.56. The minimum Gasteiger partial charge on any atom is -0.333 e. The topological polar surface area (TPSA) is 91.3 Å². The lowest BCUT2D eigenvalue weighted by Crippen LogP contribution is -2.42. The van der Waals surface area contributed by atoms with Gasteiger partial charge in [-0.05, 0) is 37.8 Å². The lowest BCUT2D eigenvalue weighted by molar-refractivity contribution is -0.140. The Labute approximate surface area is 170 Å². The molecular formula is C21H26N6O2. The number of anilines is 2. The Morgan fingerprint density at radius 3 is 2.90 bits per heavy atom. The highest BCUT2D eigenvalue weighted by Gasteiger charge is 2.32. The molecule has 1 N–H and O–H groups in total. The first-order chi connectivity index (χ1) is 14.2. The zero-order chi connectivity index (χ0) is 20.1. The molecule has 152 valence electrons. The summed E-state index contributed by atoms with van der Waals surface area (Å²) < 4.78 is 0. The van der Waals surface area contributed by atoms with Crippen LogP contribution >= 0.6 is 0 Å². The number of pyridine rings is 1. The van der Waals surface area contributed by atoms with Gasteiger partial charge in [-0.1, -0.05) is 12.5 Å². The van der Waals surface area contributed by atoms with Crippen molar-refractivity contribution in [2.75, 3.05) is 25.0 Å². The van der Waals surface area contributed by atoms with Crippen LogP contribution in [0.5, 0.6) is 0 Å². The number of aromatic nitrogens is 3. The third-order valence-electron chi connectivity index (χ3n) is 5.50. The molecule has 0 saturated carbocycles. The molecule has 4 rings (SSSR count). The van der Waals surface area contributed by atoms with E-state index in [0.717, 1.165) is 37.8 Å². The monoisotopic (exact) mass is 394 g/mol. The summed E-state index contributed by atoms with van der Waals surface area (Å²) in [5.41, 5.74) is 0.854. The zero-order valence-corrected chi connectivity index (χ0v) is 16.5. The van der Waals surface area contributed by atoms with Crippen LogP contribution in [0.25, 0.3) is 0 Å². The molecule has 0 aliphatic carbocycles. The number of carbonyl (C=O) groups is 2. The van der Waals surface area contributed by atoms with Crippen molar-refractivity contribution in [3.05, 3.63) is 42.5 Å². The Hall–Kier alpha value is -3.03. The molecule has 0 spiro atoms. The molecule has 8 heteroatoms. The van der Waals surface area contributed by atoms with Crippen LogP contribution < -0.4 is 5.32 Å². The van der Waals surface area contributed by atoms with Crippen LogP contribution in [0.2, 0.25) is 0 Å². The molecule has 1 atom stereocenters. The fourth-order valence-electron chi connectivity index (χ4n) is 4.03. The van der Waals surface area contributed by atoms with Gasteiger partial charge in [-0.15, -0.1) is 0 Å². The summed E-state index contributed by atoms with van der Waals surface area (Å²) >= 11 is 0. The Bertz CT molecular complexity index is 859. The SMILES string of the molecule is O=C1CCCCCN1CC(=O)N1CCC[C@H]1c1cccc(Nc2cnccn2)n1. The molecule has 2 saturated heterocycles. The number of rotatable bonds is 5. The maximum atomic E-state index is 13.0. The summed E-state index contributed by atoms with van der Waals surface area (Å²) in [6, 6.07) is 5.69. The van der Waals surface area contributed by atoms with Crippen molar-refractivity contribution in [3.63, 3.8) is 0 Å². The lowest BCUT2D eigenvalue weighted by atomic mass is 10.1. The Kier molecular flexibility index (Phi) is 5.97. The van der Waals surface area contributed by atoms with E-state index in [1.807, 2.05) is 23.1 Å². The molecule has 2 fully saturated rings. The van der Waals surface area contributed by atoms with Gasteiger partial charge in [0.2, 0.25) is 11.8 Å². The van der Waals surface area contributed by atoms with Crippen LogP contribution in [0.15, 0.2) is 36.8 Å². The smallest absolute Gasteiger partial charge is 0.242 e. The number of nitrogens with one attached hydrogen (secondary N) is 1. The molecule has 2 amide bonds. The predicted octanol–water partition coefficient (Wildman–Crippen LogP) is 2.68. The first-order valence-corrected chi connectivity index (χ1v) is 10.3. The second-order valence-corrected chi connectivity index (χ2v) is 7.53. The van der Waals surface area contributed by atoms with Crippen molar-refractivity contribution >= 4 is 23.5 Å². The maximum absolute atomic E-state index is 13.0. The van der Waals surface area contributed by atoms with Gasteiger partial charge in [0.05, 0.1) is 24.5 Å². The van der Waals surface area contributed by atoms with E-state index in [1.54, 1.807) is 23.5 Å². The normalized spacial score (nSPS) is 19.9. The zero-order valence-electron chi connectivity index (χ0n) is 16.5. The van der Waals surface area contributed by atoms with E-state index in [-0.39, 0.29) is 24.4 Å². The van der Waals surface area contributed by atoms with Crippen molar-refractivity contribution in [1.82, 2.24) is 24.8 Å². The third kappa shape index (κ3) is 4.70. The second-order valence-electron chi connectivity index (χ2n) is 7.53. The van der Waals surface area contributed by atoms with Crippen LogP contribution in [0.3, 0.4) is 0 Å². The summed E-state index contributed by atoms with van der Waals surface area (Å²) in [5.74, 6) is 1.40. The van der Waals surface area contributed by atoms with Crippen LogP contribution in [-0.2, 0) is 9.59 Å². The standard InChI is InChI=1S/C21H26N6O2/c28-20-9-2-1-3-12-26(20)15-21(29)27-13-5-7-17(27)16-6-4-8-18(24-16)25-19-14-22-10-11-23-19/h4,6,8,10-11,14,17H,1-3,5,7,9,12-13,15H2,(H,23,24,25)/t17-/m0/s1. The highest BCUT2D eigenvalue weighted by atomic mass is 16.2. The fraction of sp³-hybridized carbons (Fsp3) is 0.476. The molecule has 0 unspecified atom stereocenters. The molecule has 29 heavy (non-hydrogen) atoms. The van der Waals surface area contributed by atoms with E-state index in [9.17, 15) is 9.59 Å². The molecule has 0 radical (unpaired) electrons. The van der Waals surface area contributed by atoms with Gasteiger partial charge < -0.3 is 15.1 Å². The summed E-state index contributed by atoms with van der Waals surface area (Å²) in [4.78, 5) is 41.8. The molecule has 8 nitrogen and oxygen atoms in total. The van der Waals surface area contributed by atoms with Gasteiger partial charge in [0.25, 0.3) is 0 Å². The van der Waals surface area contributed by atoms with Crippen LogP contribution in [0.1, 0.15) is 50.3 Å². The lowest BCUT2D eigenvalue weighted by Gasteiger charge is -2.28. The van der Waals surface area contributed by atoms with Gasteiger partial charge in [-0.2, -0.15) is 0 Å². The molecule has 2 aliphatic heterocycles. The first-order valence-electron chi connectivity index (χ1n) is 10.3. The van der Waals surface area contributed by atoms with Gasteiger partial charge >= 0.3 is 0 Å². The van der Waals surface area contributed by atoms with E-state index in [0.29, 0.717) is 31.1 Å².